The molecular weight excluding hydrogens is 324 g/mol. The Hall–Kier alpha value is -2.21. The number of carbonyl (C=O) groups excluding carboxylic acids is 1. The number of benzene rings is 2. The number of nitrogens with zero attached hydrogens (tertiary/aromatic N) is 1. The number of halogens is 1. The molecule has 1 amide bonds. The van der Waals surface area contributed by atoms with Crippen molar-refractivity contribution >= 4 is 33.2 Å². The van der Waals surface area contributed by atoms with Crippen LogP contribution < -0.4 is 5.32 Å². The SMILES string of the molecule is Cc1ccc(Br)c(C(=O)Nc2cccc([N+](=O)[O-])c2)c1. The van der Waals surface area contributed by atoms with Crippen molar-refractivity contribution in [2.45, 2.75) is 6.92 Å². The Morgan fingerprint density at radius 1 is 1.25 bits per heavy atom. The molecule has 2 aromatic carbocycles. The molecule has 0 saturated carbocycles. The van der Waals surface area contributed by atoms with Crippen LogP contribution in [0.1, 0.15) is 15.9 Å². The molecule has 6 heteroatoms. The van der Waals surface area contributed by atoms with Gasteiger partial charge >= 0.3 is 0 Å². The second kappa shape index (κ2) is 5.83. The summed E-state index contributed by atoms with van der Waals surface area (Å²) in [4.78, 5) is 22.3. The summed E-state index contributed by atoms with van der Waals surface area (Å²) in [5.74, 6) is -0.318. The molecule has 20 heavy (non-hydrogen) atoms. The van der Waals surface area contributed by atoms with Gasteiger partial charge in [0, 0.05) is 22.3 Å². The molecule has 0 saturated heterocycles. The van der Waals surface area contributed by atoms with Gasteiger partial charge in [0.25, 0.3) is 11.6 Å². The Morgan fingerprint density at radius 2 is 2.00 bits per heavy atom. The van der Waals surface area contributed by atoms with Gasteiger partial charge in [-0.25, -0.2) is 0 Å². The third-order valence-corrected chi connectivity index (χ3v) is 3.37. The number of nitro benzene ring substituents is 1. The number of carbonyl (C=O) groups is 1. The standard InChI is InChI=1S/C14H11BrN2O3/c1-9-5-6-13(15)12(7-9)14(18)16-10-3-2-4-11(8-10)17(19)20/h2-8H,1H3,(H,16,18). The maximum Gasteiger partial charge on any atom is 0.271 e. The fraction of sp³-hybridized carbons (Fsp3) is 0.0714. The first-order valence-electron chi connectivity index (χ1n) is 5.79. The van der Waals surface area contributed by atoms with Gasteiger partial charge in [-0.2, -0.15) is 0 Å². The fourth-order valence-electron chi connectivity index (χ4n) is 1.71. The highest BCUT2D eigenvalue weighted by atomic mass is 79.9. The molecule has 0 heterocycles. The molecular formula is C14H11BrN2O3. The topological polar surface area (TPSA) is 72.2 Å². The Morgan fingerprint density at radius 3 is 2.70 bits per heavy atom. The predicted octanol–water partition coefficient (Wildman–Crippen LogP) is 3.92. The van der Waals surface area contributed by atoms with Gasteiger partial charge in [0.2, 0.25) is 0 Å². The van der Waals surface area contributed by atoms with Gasteiger partial charge in [-0.1, -0.05) is 17.7 Å². The Balaban J connectivity index is 2.25. The molecule has 0 aromatic heterocycles. The number of hydrogen-bond donors (Lipinski definition) is 1. The first-order chi connectivity index (χ1) is 9.47. The molecule has 0 radical (unpaired) electrons. The van der Waals surface area contributed by atoms with Crippen molar-refractivity contribution < 1.29 is 9.72 Å². The van der Waals surface area contributed by atoms with E-state index in [0.29, 0.717) is 15.7 Å². The van der Waals surface area contributed by atoms with Gasteiger partial charge in [-0.3, -0.25) is 14.9 Å². The predicted molar refractivity (Wildman–Crippen MR) is 79.9 cm³/mol. The average Bonchev–Trinajstić information content (AvgIpc) is 2.41. The molecule has 0 aliphatic rings. The van der Waals surface area contributed by atoms with E-state index < -0.39 is 4.92 Å². The first-order valence-corrected chi connectivity index (χ1v) is 6.58. The molecule has 102 valence electrons. The van der Waals surface area contributed by atoms with Crippen LogP contribution >= 0.6 is 15.9 Å². The molecule has 0 fully saturated rings. The van der Waals surface area contributed by atoms with Gasteiger partial charge in [-0.05, 0) is 41.1 Å². The molecule has 2 rings (SSSR count). The van der Waals surface area contributed by atoms with Crippen molar-refractivity contribution in [3.63, 3.8) is 0 Å². The molecule has 0 spiro atoms. The average molecular weight is 335 g/mol. The summed E-state index contributed by atoms with van der Waals surface area (Å²) in [6.45, 7) is 1.89. The van der Waals surface area contributed by atoms with Crippen LogP contribution in [0.3, 0.4) is 0 Å². The van der Waals surface area contributed by atoms with Crippen LogP contribution in [0.25, 0.3) is 0 Å². The highest BCUT2D eigenvalue weighted by molar-refractivity contribution is 9.10. The number of anilines is 1. The van der Waals surface area contributed by atoms with Gasteiger partial charge < -0.3 is 5.32 Å². The zero-order valence-electron chi connectivity index (χ0n) is 10.6. The quantitative estimate of drug-likeness (QED) is 0.683. The highest BCUT2D eigenvalue weighted by Gasteiger charge is 2.12. The van der Waals surface area contributed by atoms with E-state index in [1.54, 1.807) is 18.2 Å². The summed E-state index contributed by atoms with van der Waals surface area (Å²) in [7, 11) is 0. The number of aryl methyl sites for hydroxylation is 1. The van der Waals surface area contributed by atoms with E-state index in [-0.39, 0.29) is 11.6 Å². The molecule has 0 bridgehead atoms. The molecule has 0 atom stereocenters. The van der Waals surface area contributed by atoms with Crippen LogP contribution in [0.5, 0.6) is 0 Å². The van der Waals surface area contributed by atoms with E-state index in [1.807, 2.05) is 13.0 Å². The Kier molecular flexibility index (Phi) is 4.14. The van der Waals surface area contributed by atoms with E-state index in [4.69, 9.17) is 0 Å². The number of non-ortho nitro benzene ring substituents is 1. The molecule has 2 aromatic rings. The maximum atomic E-state index is 12.2. The van der Waals surface area contributed by atoms with Gasteiger partial charge in [-0.15, -0.1) is 0 Å². The largest absolute Gasteiger partial charge is 0.322 e. The van der Waals surface area contributed by atoms with Crippen molar-refractivity contribution in [2.75, 3.05) is 5.32 Å². The minimum absolute atomic E-state index is 0.0638. The number of rotatable bonds is 3. The summed E-state index contributed by atoms with van der Waals surface area (Å²) in [6.07, 6.45) is 0. The summed E-state index contributed by atoms with van der Waals surface area (Å²) >= 11 is 3.31. The van der Waals surface area contributed by atoms with Crippen molar-refractivity contribution in [1.82, 2.24) is 0 Å². The third kappa shape index (κ3) is 3.21. The zero-order valence-corrected chi connectivity index (χ0v) is 12.2. The van der Waals surface area contributed by atoms with Crippen molar-refractivity contribution in [3.8, 4) is 0 Å². The normalized spacial score (nSPS) is 10.1. The monoisotopic (exact) mass is 334 g/mol. The van der Waals surface area contributed by atoms with Crippen LogP contribution in [-0.2, 0) is 0 Å². The van der Waals surface area contributed by atoms with Crippen molar-refractivity contribution in [2.24, 2.45) is 0 Å². The Bertz CT molecular complexity index is 686. The van der Waals surface area contributed by atoms with E-state index in [9.17, 15) is 14.9 Å². The minimum atomic E-state index is -0.502. The first kappa shape index (κ1) is 14.2. The van der Waals surface area contributed by atoms with Gasteiger partial charge in [0.05, 0.1) is 10.5 Å². The van der Waals surface area contributed by atoms with E-state index in [1.165, 1.54) is 18.2 Å². The number of nitro groups is 1. The second-order valence-corrected chi connectivity index (χ2v) is 5.10. The smallest absolute Gasteiger partial charge is 0.271 e. The molecule has 0 aliphatic heterocycles. The number of amides is 1. The lowest BCUT2D eigenvalue weighted by Gasteiger charge is -2.07. The zero-order chi connectivity index (χ0) is 14.7. The van der Waals surface area contributed by atoms with Crippen LogP contribution in [0.2, 0.25) is 0 Å². The fourth-order valence-corrected chi connectivity index (χ4v) is 2.14. The van der Waals surface area contributed by atoms with E-state index in [2.05, 4.69) is 21.2 Å². The summed E-state index contributed by atoms with van der Waals surface area (Å²) in [5, 5.41) is 13.3. The van der Waals surface area contributed by atoms with Crippen LogP contribution in [-0.4, -0.2) is 10.8 Å². The summed E-state index contributed by atoms with van der Waals surface area (Å²) < 4.78 is 0.672. The number of nitrogens with one attached hydrogen (secondary N) is 1. The summed E-state index contributed by atoms with van der Waals surface area (Å²) in [6, 6.07) is 11.2. The van der Waals surface area contributed by atoms with Crippen molar-refractivity contribution in [1.29, 1.82) is 0 Å². The highest BCUT2D eigenvalue weighted by Crippen LogP contribution is 2.21. The van der Waals surface area contributed by atoms with Crippen LogP contribution in [0.4, 0.5) is 11.4 Å². The van der Waals surface area contributed by atoms with E-state index in [0.717, 1.165) is 5.56 Å². The molecule has 0 unspecified atom stereocenters. The Labute approximate surface area is 123 Å². The summed E-state index contributed by atoms with van der Waals surface area (Å²) in [5.41, 5.74) is 1.76. The van der Waals surface area contributed by atoms with Crippen LogP contribution in [0, 0.1) is 17.0 Å². The second-order valence-electron chi connectivity index (χ2n) is 4.24. The minimum Gasteiger partial charge on any atom is -0.322 e. The van der Waals surface area contributed by atoms with Crippen LogP contribution in [0.15, 0.2) is 46.9 Å². The van der Waals surface area contributed by atoms with Gasteiger partial charge in [0.15, 0.2) is 0 Å². The lowest BCUT2D eigenvalue weighted by Crippen LogP contribution is -2.12. The van der Waals surface area contributed by atoms with E-state index >= 15 is 0 Å². The molecule has 5 nitrogen and oxygen atoms in total. The molecule has 1 N–H and O–H groups in total. The lowest BCUT2D eigenvalue weighted by molar-refractivity contribution is -0.384. The maximum absolute atomic E-state index is 12.2. The van der Waals surface area contributed by atoms with Gasteiger partial charge in [0.1, 0.15) is 0 Å². The lowest BCUT2D eigenvalue weighted by atomic mass is 10.1. The number of hydrogen-bond acceptors (Lipinski definition) is 3. The van der Waals surface area contributed by atoms with Crippen molar-refractivity contribution in [3.05, 3.63) is 68.2 Å². The molecule has 0 aliphatic carbocycles. The third-order valence-electron chi connectivity index (χ3n) is 2.68.